The zero-order valence-electron chi connectivity index (χ0n) is 16.0. The lowest BCUT2D eigenvalue weighted by molar-refractivity contribution is 0.237. The predicted octanol–water partition coefficient (Wildman–Crippen LogP) is 3.75. The Morgan fingerprint density at radius 3 is 2.42 bits per heavy atom. The lowest BCUT2D eigenvalue weighted by Crippen LogP contribution is -2.40. The van der Waals surface area contributed by atoms with Crippen LogP contribution in [0.5, 0.6) is 0 Å². The lowest BCUT2D eigenvalue weighted by atomic mass is 10.1. The molecule has 2 rings (SSSR count). The van der Waals surface area contributed by atoms with Crippen molar-refractivity contribution in [1.82, 2.24) is 15.6 Å². The fourth-order valence-electron chi connectivity index (χ4n) is 2.81. The lowest BCUT2D eigenvalue weighted by Gasteiger charge is -2.19. The van der Waals surface area contributed by atoms with Crippen molar-refractivity contribution in [2.24, 2.45) is 0 Å². The molecule has 1 atom stereocenters. The number of hydrogen-bond acceptors (Lipinski definition) is 3. The van der Waals surface area contributed by atoms with E-state index < -0.39 is 0 Å². The number of nitrogens with one attached hydrogen (secondary N) is 2. The van der Waals surface area contributed by atoms with Gasteiger partial charge in [-0.1, -0.05) is 36.4 Å². The third-order valence-electron chi connectivity index (χ3n) is 4.44. The summed E-state index contributed by atoms with van der Waals surface area (Å²) in [6.07, 6.45) is 3.70. The van der Waals surface area contributed by atoms with Crippen LogP contribution in [-0.2, 0) is 13.0 Å². The second-order valence-corrected chi connectivity index (χ2v) is 6.45. The van der Waals surface area contributed by atoms with Gasteiger partial charge in [0.15, 0.2) is 0 Å². The molecule has 1 unspecified atom stereocenters. The molecule has 1 aromatic heterocycles. The highest BCUT2D eigenvalue weighted by Crippen LogP contribution is 2.10. The summed E-state index contributed by atoms with van der Waals surface area (Å²) in [4.78, 5) is 18.7. The first-order chi connectivity index (χ1) is 12.6. The first-order valence-corrected chi connectivity index (χ1v) is 9.40. The van der Waals surface area contributed by atoms with Crippen molar-refractivity contribution in [3.05, 3.63) is 59.8 Å². The molecule has 1 aromatic carbocycles. The van der Waals surface area contributed by atoms with E-state index in [0.29, 0.717) is 6.54 Å². The summed E-state index contributed by atoms with van der Waals surface area (Å²) < 4.78 is 0. The number of benzene rings is 1. The Hall–Kier alpha value is -2.56. The summed E-state index contributed by atoms with van der Waals surface area (Å²) >= 11 is 0. The van der Waals surface area contributed by atoms with Gasteiger partial charge in [0.1, 0.15) is 5.82 Å². The Kier molecular flexibility index (Phi) is 7.93. The molecular weight excluding hydrogens is 324 g/mol. The first-order valence-electron chi connectivity index (χ1n) is 9.40. The van der Waals surface area contributed by atoms with E-state index >= 15 is 0 Å². The maximum atomic E-state index is 12.1. The summed E-state index contributed by atoms with van der Waals surface area (Å²) in [5, 5.41) is 5.89. The van der Waals surface area contributed by atoms with E-state index in [-0.39, 0.29) is 12.1 Å². The zero-order valence-corrected chi connectivity index (χ0v) is 16.0. The van der Waals surface area contributed by atoms with Gasteiger partial charge in [-0.05, 0) is 50.8 Å². The highest BCUT2D eigenvalue weighted by Gasteiger charge is 2.08. The Labute approximate surface area is 156 Å². The largest absolute Gasteiger partial charge is 0.357 e. The third kappa shape index (κ3) is 6.39. The van der Waals surface area contributed by atoms with Crippen molar-refractivity contribution >= 4 is 11.8 Å². The molecule has 0 saturated heterocycles. The number of carbonyl (C=O) groups is 1. The molecule has 1 heterocycles. The van der Waals surface area contributed by atoms with Gasteiger partial charge < -0.3 is 15.5 Å². The van der Waals surface area contributed by atoms with E-state index in [4.69, 9.17) is 0 Å². The van der Waals surface area contributed by atoms with Crippen LogP contribution < -0.4 is 15.5 Å². The summed E-state index contributed by atoms with van der Waals surface area (Å²) in [6, 6.07) is 14.3. The van der Waals surface area contributed by atoms with Crippen molar-refractivity contribution in [3.63, 3.8) is 0 Å². The Morgan fingerprint density at radius 2 is 1.81 bits per heavy atom. The van der Waals surface area contributed by atoms with Crippen LogP contribution in [0.1, 0.15) is 38.3 Å². The van der Waals surface area contributed by atoms with E-state index in [1.54, 1.807) is 0 Å². The van der Waals surface area contributed by atoms with E-state index in [2.05, 4.69) is 46.5 Å². The molecule has 0 aliphatic rings. The Balaban J connectivity index is 1.72. The Bertz CT molecular complexity index is 653. The molecule has 0 saturated carbocycles. The predicted molar refractivity (Wildman–Crippen MR) is 107 cm³/mol. The number of urea groups is 1. The number of hydrogen-bond donors (Lipinski definition) is 2. The van der Waals surface area contributed by atoms with E-state index in [1.807, 2.05) is 43.5 Å². The van der Waals surface area contributed by atoms with Gasteiger partial charge >= 0.3 is 6.03 Å². The molecule has 0 aliphatic heterocycles. The molecule has 2 amide bonds. The van der Waals surface area contributed by atoms with Crippen molar-refractivity contribution in [3.8, 4) is 0 Å². The maximum Gasteiger partial charge on any atom is 0.315 e. The average Bonchev–Trinajstić information content (AvgIpc) is 2.67. The minimum Gasteiger partial charge on any atom is -0.357 e. The second kappa shape index (κ2) is 10.4. The SMILES string of the molecule is CCN(CC)c1ccc(CNC(=O)NC(C)CCc2ccccc2)cn1. The molecule has 2 aromatic rings. The molecule has 26 heavy (non-hydrogen) atoms. The van der Waals surface area contributed by atoms with Crippen molar-refractivity contribution in [2.45, 2.75) is 46.2 Å². The van der Waals surface area contributed by atoms with Gasteiger partial charge in [0.05, 0.1) is 0 Å². The van der Waals surface area contributed by atoms with Gasteiger partial charge in [-0.3, -0.25) is 0 Å². The highest BCUT2D eigenvalue weighted by molar-refractivity contribution is 5.74. The Morgan fingerprint density at radius 1 is 1.08 bits per heavy atom. The van der Waals surface area contributed by atoms with Gasteiger partial charge in [0, 0.05) is 31.9 Å². The van der Waals surface area contributed by atoms with Crippen LogP contribution in [0.4, 0.5) is 10.6 Å². The minimum absolute atomic E-state index is 0.123. The van der Waals surface area contributed by atoms with Crippen LogP contribution in [0.3, 0.4) is 0 Å². The third-order valence-corrected chi connectivity index (χ3v) is 4.44. The van der Waals surface area contributed by atoms with E-state index in [1.165, 1.54) is 5.56 Å². The van der Waals surface area contributed by atoms with Gasteiger partial charge in [0.25, 0.3) is 0 Å². The minimum atomic E-state index is -0.140. The molecule has 5 heteroatoms. The van der Waals surface area contributed by atoms with E-state index in [9.17, 15) is 4.79 Å². The number of carbonyl (C=O) groups excluding carboxylic acids is 1. The molecular formula is C21H30N4O. The molecule has 2 N–H and O–H groups in total. The maximum absolute atomic E-state index is 12.1. The highest BCUT2D eigenvalue weighted by atomic mass is 16.2. The number of aromatic nitrogens is 1. The quantitative estimate of drug-likeness (QED) is 0.721. The molecule has 0 bridgehead atoms. The summed E-state index contributed by atoms with van der Waals surface area (Å²) in [5.74, 6) is 0.970. The van der Waals surface area contributed by atoms with Crippen molar-refractivity contribution in [1.29, 1.82) is 0 Å². The molecule has 0 radical (unpaired) electrons. The number of anilines is 1. The number of rotatable bonds is 9. The average molecular weight is 354 g/mol. The van der Waals surface area contributed by atoms with Gasteiger partial charge in [0.2, 0.25) is 0 Å². The summed E-state index contributed by atoms with van der Waals surface area (Å²) in [6.45, 7) is 8.61. The van der Waals surface area contributed by atoms with Crippen LogP contribution in [0.25, 0.3) is 0 Å². The van der Waals surface area contributed by atoms with Crippen molar-refractivity contribution in [2.75, 3.05) is 18.0 Å². The summed E-state index contributed by atoms with van der Waals surface area (Å²) in [7, 11) is 0. The standard InChI is InChI=1S/C21H30N4O/c1-4-25(5-2)20-14-13-19(15-22-20)16-23-21(26)24-17(3)11-12-18-9-7-6-8-10-18/h6-10,13-15,17H,4-5,11-12,16H2,1-3H3,(H2,23,24,26). The van der Waals surface area contributed by atoms with Crippen LogP contribution in [0.2, 0.25) is 0 Å². The molecule has 0 spiro atoms. The van der Waals surface area contributed by atoms with Crippen LogP contribution in [0.15, 0.2) is 48.7 Å². The monoisotopic (exact) mass is 354 g/mol. The molecule has 0 aliphatic carbocycles. The van der Waals surface area contributed by atoms with Gasteiger partial charge in [-0.25, -0.2) is 9.78 Å². The second-order valence-electron chi connectivity index (χ2n) is 6.45. The van der Waals surface area contributed by atoms with Gasteiger partial charge in [-0.15, -0.1) is 0 Å². The fraction of sp³-hybridized carbons (Fsp3) is 0.429. The fourth-order valence-corrected chi connectivity index (χ4v) is 2.81. The van der Waals surface area contributed by atoms with Crippen molar-refractivity contribution < 1.29 is 4.79 Å². The number of nitrogens with zero attached hydrogens (tertiary/aromatic N) is 2. The van der Waals surface area contributed by atoms with Crippen LogP contribution in [-0.4, -0.2) is 30.1 Å². The molecule has 5 nitrogen and oxygen atoms in total. The normalized spacial score (nSPS) is 11.7. The summed E-state index contributed by atoms with van der Waals surface area (Å²) in [5.41, 5.74) is 2.29. The van der Waals surface area contributed by atoms with E-state index in [0.717, 1.165) is 37.3 Å². The molecule has 0 fully saturated rings. The molecule has 140 valence electrons. The number of amides is 2. The van der Waals surface area contributed by atoms with Gasteiger partial charge in [-0.2, -0.15) is 0 Å². The zero-order chi connectivity index (χ0) is 18.8. The van der Waals surface area contributed by atoms with Crippen LogP contribution >= 0.6 is 0 Å². The number of pyridine rings is 1. The smallest absolute Gasteiger partial charge is 0.315 e. The topological polar surface area (TPSA) is 57.3 Å². The number of aryl methyl sites for hydroxylation is 1. The first kappa shape index (κ1) is 19.8. The van der Waals surface area contributed by atoms with Crippen LogP contribution in [0, 0.1) is 0 Å².